The zero-order valence-corrected chi connectivity index (χ0v) is 17.4. The van der Waals surface area contributed by atoms with Crippen LogP contribution in [0.15, 0.2) is 10.9 Å². The van der Waals surface area contributed by atoms with Crippen molar-refractivity contribution in [1.82, 2.24) is 24.8 Å². The number of carbonyl (C=O) groups is 1. The summed E-state index contributed by atoms with van der Waals surface area (Å²) in [7, 11) is 0. The Morgan fingerprint density at radius 1 is 1.32 bits per heavy atom. The number of aryl methyl sites for hydroxylation is 1. The molecule has 9 heteroatoms. The van der Waals surface area contributed by atoms with Gasteiger partial charge in [-0.25, -0.2) is 4.98 Å². The number of rotatable bonds is 5. The number of likely N-dealkylation sites (tertiary alicyclic amines) is 1. The smallest absolute Gasteiger partial charge is 0.275 e. The lowest BCUT2D eigenvalue weighted by Gasteiger charge is -2.32. The number of piperidine rings is 1. The second kappa shape index (κ2) is 8.16. The lowest BCUT2D eigenvalue weighted by atomic mass is 9.97. The van der Waals surface area contributed by atoms with E-state index in [1.165, 1.54) is 28.3 Å². The summed E-state index contributed by atoms with van der Waals surface area (Å²) >= 11 is 1.41. The highest BCUT2D eigenvalue weighted by molar-refractivity contribution is 7.20. The second-order valence-corrected chi connectivity index (χ2v) is 8.70. The van der Waals surface area contributed by atoms with Crippen molar-refractivity contribution < 1.29 is 4.79 Å². The molecule has 2 saturated heterocycles. The van der Waals surface area contributed by atoms with Crippen molar-refractivity contribution in [1.29, 1.82) is 0 Å². The zero-order chi connectivity index (χ0) is 19.7. The first-order valence-corrected chi connectivity index (χ1v) is 11.0. The van der Waals surface area contributed by atoms with E-state index >= 15 is 0 Å². The van der Waals surface area contributed by atoms with Crippen molar-refractivity contribution in [2.75, 3.05) is 37.6 Å². The number of anilines is 1. The SMILES string of the molecule is CCN1CCC[C@@H]1CNC(=O)[C@@H]1CCCN(c2nn3c(=O)cc(C)nc3s2)C1. The fourth-order valence-corrected chi connectivity index (χ4v) is 5.30. The van der Waals surface area contributed by atoms with Crippen molar-refractivity contribution in [3.63, 3.8) is 0 Å². The highest BCUT2D eigenvalue weighted by atomic mass is 32.1. The number of carbonyl (C=O) groups excluding carboxylic acids is 1. The summed E-state index contributed by atoms with van der Waals surface area (Å²) in [5.74, 6) is 0.101. The maximum atomic E-state index is 12.8. The fourth-order valence-electron chi connectivity index (χ4n) is 4.31. The van der Waals surface area contributed by atoms with Crippen LogP contribution in [0, 0.1) is 12.8 Å². The van der Waals surface area contributed by atoms with Gasteiger partial charge in [-0.15, -0.1) is 5.10 Å². The van der Waals surface area contributed by atoms with E-state index in [1.54, 1.807) is 0 Å². The summed E-state index contributed by atoms with van der Waals surface area (Å²) < 4.78 is 1.36. The molecule has 152 valence electrons. The topological polar surface area (TPSA) is 82.8 Å². The minimum Gasteiger partial charge on any atom is -0.354 e. The number of aromatic nitrogens is 3. The normalized spacial score (nSPS) is 23.4. The standard InChI is InChI=1S/C19H28N6O2S/c1-3-23-8-5-7-15(23)11-20-17(27)14-6-4-9-24(12-14)19-22-25-16(26)10-13(2)21-18(25)28-19/h10,14-15H,3-9,11-12H2,1-2H3,(H,20,27)/t14-,15-/m1/s1. The lowest BCUT2D eigenvalue weighted by molar-refractivity contribution is -0.125. The average Bonchev–Trinajstić information content (AvgIpc) is 3.32. The molecule has 0 saturated carbocycles. The number of amides is 1. The molecule has 2 atom stereocenters. The second-order valence-electron chi connectivity index (χ2n) is 7.77. The number of hydrogen-bond donors (Lipinski definition) is 1. The Morgan fingerprint density at radius 2 is 2.14 bits per heavy atom. The van der Waals surface area contributed by atoms with E-state index in [4.69, 9.17) is 0 Å². The molecule has 2 fully saturated rings. The van der Waals surface area contributed by atoms with E-state index in [2.05, 4.69) is 32.1 Å². The van der Waals surface area contributed by atoms with Crippen LogP contribution in [0.4, 0.5) is 5.13 Å². The summed E-state index contributed by atoms with van der Waals surface area (Å²) in [5, 5.41) is 8.40. The fraction of sp³-hybridized carbons (Fsp3) is 0.684. The molecule has 28 heavy (non-hydrogen) atoms. The van der Waals surface area contributed by atoms with E-state index in [0.717, 1.165) is 50.6 Å². The minimum atomic E-state index is -0.159. The van der Waals surface area contributed by atoms with Gasteiger partial charge in [-0.2, -0.15) is 4.52 Å². The number of fused-ring (bicyclic) bond motifs is 1. The van der Waals surface area contributed by atoms with E-state index in [1.807, 2.05) is 6.92 Å². The number of likely N-dealkylation sites (N-methyl/N-ethyl adjacent to an activating group) is 1. The van der Waals surface area contributed by atoms with E-state index in [0.29, 0.717) is 23.2 Å². The Balaban J connectivity index is 1.41. The molecular formula is C19H28N6O2S. The van der Waals surface area contributed by atoms with Crippen molar-refractivity contribution in [3.05, 3.63) is 22.1 Å². The van der Waals surface area contributed by atoms with Gasteiger partial charge in [-0.1, -0.05) is 18.3 Å². The van der Waals surface area contributed by atoms with Gasteiger partial charge in [-0.3, -0.25) is 14.5 Å². The third-order valence-corrected chi connectivity index (χ3v) is 6.81. The van der Waals surface area contributed by atoms with Gasteiger partial charge < -0.3 is 10.2 Å². The van der Waals surface area contributed by atoms with Gasteiger partial charge >= 0.3 is 0 Å². The predicted molar refractivity (Wildman–Crippen MR) is 110 cm³/mol. The van der Waals surface area contributed by atoms with Gasteiger partial charge in [0.1, 0.15) is 0 Å². The monoisotopic (exact) mass is 404 g/mol. The van der Waals surface area contributed by atoms with Crippen molar-refractivity contribution in [3.8, 4) is 0 Å². The van der Waals surface area contributed by atoms with Gasteiger partial charge in [0, 0.05) is 37.4 Å². The molecule has 2 aliphatic rings. The van der Waals surface area contributed by atoms with Gasteiger partial charge in [-0.05, 0) is 45.7 Å². The third kappa shape index (κ3) is 3.91. The summed E-state index contributed by atoms with van der Waals surface area (Å²) in [6.07, 6.45) is 4.22. The van der Waals surface area contributed by atoms with Gasteiger partial charge in [0.15, 0.2) is 0 Å². The van der Waals surface area contributed by atoms with E-state index in [9.17, 15) is 9.59 Å². The van der Waals surface area contributed by atoms with Crippen LogP contribution in [-0.2, 0) is 4.79 Å². The maximum absolute atomic E-state index is 12.8. The van der Waals surface area contributed by atoms with Crippen LogP contribution in [-0.4, -0.2) is 64.2 Å². The first kappa shape index (κ1) is 19.3. The molecule has 0 bridgehead atoms. The van der Waals surface area contributed by atoms with Crippen molar-refractivity contribution in [2.24, 2.45) is 5.92 Å². The summed E-state index contributed by atoms with van der Waals surface area (Å²) in [4.78, 5) is 34.4. The summed E-state index contributed by atoms with van der Waals surface area (Å²) in [6.45, 7) is 8.40. The Bertz CT molecular complexity index is 909. The van der Waals surface area contributed by atoms with Gasteiger partial charge in [0.05, 0.1) is 5.92 Å². The van der Waals surface area contributed by atoms with Gasteiger partial charge in [0.25, 0.3) is 5.56 Å². The molecule has 2 aromatic heterocycles. The highest BCUT2D eigenvalue weighted by Gasteiger charge is 2.29. The molecular weight excluding hydrogens is 376 g/mol. The van der Waals surface area contributed by atoms with Crippen molar-refractivity contribution in [2.45, 2.75) is 45.6 Å². The summed E-state index contributed by atoms with van der Waals surface area (Å²) in [5.41, 5.74) is 0.539. The molecule has 1 amide bonds. The number of nitrogens with zero attached hydrogens (tertiary/aromatic N) is 5. The first-order chi connectivity index (χ1) is 13.5. The van der Waals surface area contributed by atoms with Crippen LogP contribution >= 0.6 is 11.3 Å². The Labute approximate surface area is 168 Å². The van der Waals surface area contributed by atoms with Crippen LogP contribution in [0.2, 0.25) is 0 Å². The summed E-state index contributed by atoms with van der Waals surface area (Å²) in [6, 6.07) is 1.96. The van der Waals surface area contributed by atoms with Crippen LogP contribution in [0.5, 0.6) is 0 Å². The van der Waals surface area contributed by atoms with Crippen LogP contribution in [0.1, 0.15) is 38.3 Å². The quantitative estimate of drug-likeness (QED) is 0.808. The first-order valence-electron chi connectivity index (χ1n) is 10.2. The van der Waals surface area contributed by atoms with Crippen LogP contribution in [0.3, 0.4) is 0 Å². The van der Waals surface area contributed by atoms with E-state index < -0.39 is 0 Å². The molecule has 2 aromatic rings. The van der Waals surface area contributed by atoms with Crippen LogP contribution < -0.4 is 15.8 Å². The molecule has 4 heterocycles. The molecule has 2 aliphatic heterocycles. The predicted octanol–water partition coefficient (Wildman–Crippen LogP) is 1.28. The number of hydrogen-bond acceptors (Lipinski definition) is 7. The molecule has 0 aliphatic carbocycles. The zero-order valence-electron chi connectivity index (χ0n) is 16.6. The Morgan fingerprint density at radius 3 is 2.96 bits per heavy atom. The maximum Gasteiger partial charge on any atom is 0.275 e. The molecule has 0 radical (unpaired) electrons. The molecule has 1 N–H and O–H groups in total. The van der Waals surface area contributed by atoms with Gasteiger partial charge in [0.2, 0.25) is 16.0 Å². The molecule has 0 spiro atoms. The van der Waals surface area contributed by atoms with Crippen molar-refractivity contribution >= 4 is 27.3 Å². The number of nitrogens with one attached hydrogen (secondary N) is 1. The largest absolute Gasteiger partial charge is 0.354 e. The molecule has 8 nitrogen and oxygen atoms in total. The average molecular weight is 405 g/mol. The third-order valence-electron chi connectivity index (χ3n) is 5.84. The van der Waals surface area contributed by atoms with E-state index in [-0.39, 0.29) is 17.4 Å². The Kier molecular flexibility index (Phi) is 5.63. The van der Waals surface area contributed by atoms with Crippen LogP contribution in [0.25, 0.3) is 4.96 Å². The lowest BCUT2D eigenvalue weighted by Crippen LogP contribution is -2.46. The molecule has 0 aromatic carbocycles. The highest BCUT2D eigenvalue weighted by Crippen LogP contribution is 2.27. The Hall–Kier alpha value is -2.00. The molecule has 0 unspecified atom stereocenters. The minimum absolute atomic E-state index is 0.0383. The molecule has 4 rings (SSSR count).